The first-order chi connectivity index (χ1) is 10.4. The molecular weight excluding hydrogens is 317 g/mol. The third kappa shape index (κ3) is 3.03. The molecule has 9 heteroatoms. The second-order valence-electron chi connectivity index (χ2n) is 4.39. The third-order valence-electron chi connectivity index (χ3n) is 2.72. The van der Waals surface area contributed by atoms with Gasteiger partial charge < -0.3 is 4.52 Å². The molecule has 22 heavy (non-hydrogen) atoms. The van der Waals surface area contributed by atoms with E-state index in [0.29, 0.717) is 17.1 Å². The minimum absolute atomic E-state index is 0.230. The van der Waals surface area contributed by atoms with E-state index < -0.39 is 12.0 Å². The molecule has 0 N–H and O–H groups in total. The van der Waals surface area contributed by atoms with Crippen molar-refractivity contribution in [3.8, 4) is 0 Å². The molecule has 2 heterocycles. The van der Waals surface area contributed by atoms with Gasteiger partial charge in [-0.15, -0.1) is 0 Å². The number of fused-ring (bicyclic) bond motifs is 1. The second kappa shape index (κ2) is 5.56. The SMILES string of the molecule is Cc1noc(CSc2nc(C(F)(F)F)nc3ccccc23)n1. The van der Waals surface area contributed by atoms with Gasteiger partial charge in [0, 0.05) is 5.39 Å². The average molecular weight is 326 g/mol. The number of alkyl halides is 3. The number of halogens is 3. The fourth-order valence-corrected chi connectivity index (χ4v) is 2.67. The van der Waals surface area contributed by atoms with Gasteiger partial charge >= 0.3 is 6.18 Å². The van der Waals surface area contributed by atoms with Crippen LogP contribution in [-0.2, 0) is 11.9 Å². The minimum Gasteiger partial charge on any atom is -0.338 e. The standard InChI is InChI=1S/C13H9F3N4OS/c1-7-17-10(21-20-7)6-22-11-8-4-2-3-5-9(8)18-12(19-11)13(14,15)16/h2-5H,6H2,1H3. The molecule has 0 aliphatic carbocycles. The zero-order valence-corrected chi connectivity index (χ0v) is 12.1. The van der Waals surface area contributed by atoms with E-state index in [0.717, 1.165) is 11.8 Å². The van der Waals surface area contributed by atoms with Crippen LogP contribution >= 0.6 is 11.8 Å². The van der Waals surface area contributed by atoms with Crippen molar-refractivity contribution < 1.29 is 17.7 Å². The van der Waals surface area contributed by atoms with Crippen LogP contribution in [0.15, 0.2) is 33.8 Å². The molecule has 0 radical (unpaired) electrons. The monoisotopic (exact) mass is 326 g/mol. The Balaban J connectivity index is 1.99. The van der Waals surface area contributed by atoms with Gasteiger partial charge in [0.05, 0.1) is 11.3 Å². The summed E-state index contributed by atoms with van der Waals surface area (Å²) < 4.78 is 43.6. The molecule has 114 valence electrons. The van der Waals surface area contributed by atoms with Gasteiger partial charge in [0.2, 0.25) is 11.7 Å². The number of benzene rings is 1. The fraction of sp³-hybridized carbons (Fsp3) is 0.231. The van der Waals surface area contributed by atoms with Crippen molar-refractivity contribution in [1.29, 1.82) is 0 Å². The minimum atomic E-state index is -4.60. The van der Waals surface area contributed by atoms with E-state index in [9.17, 15) is 13.2 Å². The van der Waals surface area contributed by atoms with Crippen molar-refractivity contribution in [3.05, 3.63) is 41.8 Å². The Labute approximate surface area is 127 Å². The topological polar surface area (TPSA) is 64.7 Å². The summed E-state index contributed by atoms with van der Waals surface area (Å²) in [6, 6.07) is 6.55. The molecule has 2 aromatic heterocycles. The van der Waals surface area contributed by atoms with E-state index in [1.807, 2.05) is 0 Å². The number of thioether (sulfide) groups is 1. The average Bonchev–Trinajstić information content (AvgIpc) is 2.89. The lowest BCUT2D eigenvalue weighted by molar-refractivity contribution is -0.145. The summed E-state index contributed by atoms with van der Waals surface area (Å²) in [4.78, 5) is 11.2. The highest BCUT2D eigenvalue weighted by atomic mass is 32.2. The van der Waals surface area contributed by atoms with Crippen LogP contribution in [0.1, 0.15) is 17.5 Å². The number of hydrogen-bond acceptors (Lipinski definition) is 6. The number of hydrogen-bond donors (Lipinski definition) is 0. The van der Waals surface area contributed by atoms with Gasteiger partial charge in [-0.05, 0) is 13.0 Å². The van der Waals surface area contributed by atoms with E-state index in [2.05, 4.69) is 20.1 Å². The number of aryl methyl sites for hydroxylation is 1. The summed E-state index contributed by atoms with van der Waals surface area (Å²) in [5.74, 6) is -0.118. The maximum absolute atomic E-state index is 12.9. The van der Waals surface area contributed by atoms with Crippen molar-refractivity contribution in [2.75, 3.05) is 0 Å². The third-order valence-corrected chi connectivity index (χ3v) is 3.70. The summed E-state index contributed by atoms with van der Waals surface area (Å²) in [6.45, 7) is 1.67. The molecule has 0 fully saturated rings. The van der Waals surface area contributed by atoms with Crippen molar-refractivity contribution >= 4 is 22.7 Å². The molecule has 0 atom stereocenters. The Bertz CT molecular complexity index is 818. The normalized spacial score (nSPS) is 12.0. The van der Waals surface area contributed by atoms with Gasteiger partial charge in [-0.1, -0.05) is 35.1 Å². The van der Waals surface area contributed by atoms with Crippen molar-refractivity contribution in [1.82, 2.24) is 20.1 Å². The highest BCUT2D eigenvalue weighted by Crippen LogP contribution is 2.32. The van der Waals surface area contributed by atoms with Gasteiger partial charge in [-0.25, -0.2) is 9.97 Å². The van der Waals surface area contributed by atoms with Gasteiger partial charge in [-0.3, -0.25) is 0 Å². The number of para-hydroxylation sites is 1. The van der Waals surface area contributed by atoms with E-state index in [-0.39, 0.29) is 16.3 Å². The molecule has 0 unspecified atom stereocenters. The molecule has 3 aromatic rings. The summed E-state index contributed by atoms with van der Waals surface area (Å²) in [6.07, 6.45) is -4.60. The summed E-state index contributed by atoms with van der Waals surface area (Å²) >= 11 is 1.10. The largest absolute Gasteiger partial charge is 0.451 e. The zero-order chi connectivity index (χ0) is 15.7. The van der Waals surface area contributed by atoms with Gasteiger partial charge in [0.25, 0.3) is 0 Å². The molecular formula is C13H9F3N4OS. The van der Waals surface area contributed by atoms with Crippen LogP contribution in [0, 0.1) is 6.92 Å². The van der Waals surface area contributed by atoms with E-state index in [1.54, 1.807) is 25.1 Å². The number of nitrogens with zero attached hydrogens (tertiary/aromatic N) is 4. The smallest absolute Gasteiger partial charge is 0.338 e. The first-order valence-corrected chi connectivity index (χ1v) is 7.18. The van der Waals surface area contributed by atoms with Crippen molar-refractivity contribution in [2.45, 2.75) is 23.9 Å². The Morgan fingerprint density at radius 3 is 2.59 bits per heavy atom. The Morgan fingerprint density at radius 1 is 1.14 bits per heavy atom. The van der Waals surface area contributed by atoms with Crippen LogP contribution in [0.25, 0.3) is 10.9 Å². The molecule has 0 saturated carbocycles. The molecule has 1 aromatic carbocycles. The molecule has 0 aliphatic heterocycles. The van der Waals surface area contributed by atoms with Gasteiger partial charge in [0.15, 0.2) is 5.82 Å². The van der Waals surface area contributed by atoms with E-state index in [1.165, 1.54) is 6.07 Å². The highest BCUT2D eigenvalue weighted by molar-refractivity contribution is 7.98. The van der Waals surface area contributed by atoms with Crippen molar-refractivity contribution in [3.63, 3.8) is 0 Å². The van der Waals surface area contributed by atoms with Crippen LogP contribution in [0.5, 0.6) is 0 Å². The van der Waals surface area contributed by atoms with Gasteiger partial charge in [0.1, 0.15) is 5.03 Å². The van der Waals surface area contributed by atoms with Crippen LogP contribution in [0.4, 0.5) is 13.2 Å². The summed E-state index contributed by atoms with van der Waals surface area (Å²) in [5.41, 5.74) is 0.244. The molecule has 0 bridgehead atoms. The van der Waals surface area contributed by atoms with Crippen LogP contribution in [-0.4, -0.2) is 20.1 Å². The number of rotatable bonds is 3. The van der Waals surface area contributed by atoms with Crippen LogP contribution in [0.2, 0.25) is 0 Å². The first kappa shape index (κ1) is 14.8. The molecule has 0 aliphatic rings. The van der Waals surface area contributed by atoms with E-state index >= 15 is 0 Å². The number of aromatic nitrogens is 4. The predicted octanol–water partition coefficient (Wildman–Crippen LogP) is 3.63. The maximum Gasteiger partial charge on any atom is 0.451 e. The summed E-state index contributed by atoms with van der Waals surface area (Å²) in [7, 11) is 0. The highest BCUT2D eigenvalue weighted by Gasteiger charge is 2.35. The van der Waals surface area contributed by atoms with E-state index in [4.69, 9.17) is 4.52 Å². The predicted molar refractivity (Wildman–Crippen MR) is 73.1 cm³/mol. The molecule has 3 rings (SSSR count). The molecule has 0 spiro atoms. The first-order valence-electron chi connectivity index (χ1n) is 6.19. The van der Waals surface area contributed by atoms with Crippen LogP contribution < -0.4 is 0 Å². The molecule has 5 nitrogen and oxygen atoms in total. The Hall–Kier alpha value is -2.16. The fourth-order valence-electron chi connectivity index (χ4n) is 1.81. The summed E-state index contributed by atoms with van der Waals surface area (Å²) in [5, 5.41) is 4.42. The van der Waals surface area contributed by atoms with Gasteiger partial charge in [-0.2, -0.15) is 18.2 Å². The lowest BCUT2D eigenvalue weighted by Gasteiger charge is -2.09. The quantitative estimate of drug-likeness (QED) is 0.541. The maximum atomic E-state index is 12.9. The van der Waals surface area contributed by atoms with Crippen molar-refractivity contribution in [2.24, 2.45) is 0 Å². The lowest BCUT2D eigenvalue weighted by Crippen LogP contribution is -2.11. The lowest BCUT2D eigenvalue weighted by atomic mass is 10.2. The molecule has 0 amide bonds. The zero-order valence-electron chi connectivity index (χ0n) is 11.3. The Morgan fingerprint density at radius 2 is 1.91 bits per heavy atom. The Kier molecular flexibility index (Phi) is 3.73. The second-order valence-corrected chi connectivity index (χ2v) is 5.36. The van der Waals surface area contributed by atoms with Crippen LogP contribution in [0.3, 0.4) is 0 Å². The molecule has 0 saturated heterocycles.